The summed E-state index contributed by atoms with van der Waals surface area (Å²) in [7, 11) is 0. The van der Waals surface area contributed by atoms with Gasteiger partial charge in [-0.3, -0.25) is 19.8 Å². The molecule has 0 aliphatic carbocycles. The molecule has 0 spiro atoms. The van der Waals surface area contributed by atoms with E-state index >= 15 is 0 Å². The second-order valence-electron chi connectivity index (χ2n) is 10.4. The first-order valence-corrected chi connectivity index (χ1v) is 16.4. The molecule has 19 heteroatoms. The molecule has 12 nitrogen and oxygen atoms in total. The summed E-state index contributed by atoms with van der Waals surface area (Å²) < 4.78 is 2.59. The van der Waals surface area contributed by atoms with Crippen molar-refractivity contribution in [2.45, 2.75) is 13.8 Å². The number of aromatic nitrogens is 4. The fourth-order valence-electron chi connectivity index (χ4n) is 4.33. The minimum Gasteiger partial charge on any atom is -0.506 e. The van der Waals surface area contributed by atoms with Gasteiger partial charge in [-0.15, -0.1) is 10.2 Å². The van der Waals surface area contributed by atoms with Gasteiger partial charge in [-0.05, 0) is 86.6 Å². The van der Waals surface area contributed by atoms with Crippen LogP contribution < -0.4 is 16.2 Å². The number of H-pyrrole nitrogens is 2. The fourth-order valence-corrected chi connectivity index (χ4v) is 5.25. The van der Waals surface area contributed by atoms with Gasteiger partial charge < -0.3 is 10.2 Å². The Balaban J connectivity index is 0.000000224. The first-order valence-electron chi connectivity index (χ1n) is 14.1. The Morgan fingerprint density at radius 1 is 0.608 bits per heavy atom. The average molecular weight is 852 g/mol. The van der Waals surface area contributed by atoms with E-state index in [2.05, 4.69) is 30.7 Å². The minimum absolute atomic E-state index is 0. The van der Waals surface area contributed by atoms with Crippen LogP contribution in [0.2, 0.25) is 30.1 Å². The van der Waals surface area contributed by atoms with E-state index in [9.17, 15) is 19.8 Å². The number of hydrogen-bond acceptors (Lipinski definition) is 7. The number of nitrogens with zero attached hydrogens (tertiary/aromatic N) is 5. The summed E-state index contributed by atoms with van der Waals surface area (Å²) in [5.74, 6) is -0.152. The van der Waals surface area contributed by atoms with Gasteiger partial charge in [0.25, 0.3) is 5.56 Å². The topological polar surface area (TPSA) is 167 Å². The molecule has 0 aliphatic rings. The average Bonchev–Trinajstić information content (AvgIpc) is 3.53. The molecule has 0 bridgehead atoms. The summed E-state index contributed by atoms with van der Waals surface area (Å²) in [6, 6.07) is 18.4. The monoisotopic (exact) mass is 849 g/mol. The first kappa shape index (κ1) is 39.7. The number of nitrogens with one attached hydrogen (secondary N) is 3. The van der Waals surface area contributed by atoms with Crippen molar-refractivity contribution in [2.75, 3.05) is 0 Å². The number of aromatic amines is 2. The Labute approximate surface area is 329 Å². The van der Waals surface area contributed by atoms with Crippen LogP contribution in [0.5, 0.6) is 11.5 Å². The zero-order chi connectivity index (χ0) is 36.3. The number of aromatic hydroxyl groups is 2. The third-order valence-corrected chi connectivity index (χ3v) is 8.80. The van der Waals surface area contributed by atoms with Gasteiger partial charge in [0.05, 0.1) is 37.2 Å². The van der Waals surface area contributed by atoms with Crippen LogP contribution in [0.4, 0.5) is 22.7 Å². The summed E-state index contributed by atoms with van der Waals surface area (Å²) in [6.45, 7) is 3.40. The summed E-state index contributed by atoms with van der Waals surface area (Å²) in [6.07, 6.45) is 0. The van der Waals surface area contributed by atoms with Gasteiger partial charge in [0, 0.05) is 32.2 Å². The smallest absolute Gasteiger partial charge is 0.345 e. The molecule has 6 rings (SSSR count). The Morgan fingerprint density at radius 2 is 1.10 bits per heavy atom. The van der Waals surface area contributed by atoms with E-state index in [1.807, 2.05) is 0 Å². The molecule has 0 atom stereocenters. The summed E-state index contributed by atoms with van der Waals surface area (Å²) in [4.78, 5) is 25.2. The van der Waals surface area contributed by atoms with Crippen molar-refractivity contribution in [3.63, 3.8) is 0 Å². The van der Waals surface area contributed by atoms with Crippen molar-refractivity contribution < 1.29 is 32.4 Å². The van der Waals surface area contributed by atoms with Crippen LogP contribution in [0.3, 0.4) is 0 Å². The molecule has 0 fully saturated rings. The van der Waals surface area contributed by atoms with Crippen LogP contribution in [0.1, 0.15) is 11.4 Å². The van der Waals surface area contributed by atoms with Gasteiger partial charge in [-0.2, -0.15) is 0 Å². The maximum atomic E-state index is 12.6. The van der Waals surface area contributed by atoms with E-state index in [4.69, 9.17) is 69.6 Å². The van der Waals surface area contributed by atoms with E-state index < -0.39 is 5.56 Å². The predicted octanol–water partition coefficient (Wildman–Crippen LogP) is 9.19. The molecular formula is C32H23Cl6FeN8O4+. The molecule has 5 N–H and O–H groups in total. The van der Waals surface area contributed by atoms with Crippen molar-refractivity contribution >= 4 is 92.4 Å². The standard InChI is InChI=1S/2C16H11Cl3N4O2.Fe/c2*1-8-15(21-20-13-6-9(17)2-5-14(13)24)16(25)23(22-8)10-3-4-11(18)12(19)7-10;/h2*2-7,22,24H,1H3;/p+1. The second kappa shape index (κ2) is 17.0. The molecule has 4 aromatic carbocycles. The number of rotatable bonds is 6. The summed E-state index contributed by atoms with van der Waals surface area (Å²) in [5.41, 5.74) is 2.03. The van der Waals surface area contributed by atoms with E-state index in [1.165, 1.54) is 45.8 Å². The van der Waals surface area contributed by atoms with Gasteiger partial charge in [0.1, 0.15) is 22.9 Å². The normalized spacial score (nSPS) is 11.1. The van der Waals surface area contributed by atoms with Crippen LogP contribution in [0.15, 0.2) is 97.7 Å². The second-order valence-corrected chi connectivity index (χ2v) is 12.9. The maximum absolute atomic E-state index is 12.6. The molecular weight excluding hydrogens is 829 g/mol. The van der Waals surface area contributed by atoms with Crippen molar-refractivity contribution in [1.29, 1.82) is 0 Å². The van der Waals surface area contributed by atoms with Crippen molar-refractivity contribution in [3.05, 3.63) is 135 Å². The van der Waals surface area contributed by atoms with E-state index in [-0.39, 0.29) is 56.9 Å². The molecule has 0 radical (unpaired) electrons. The number of benzene rings is 4. The van der Waals surface area contributed by atoms with Gasteiger partial charge in [-0.25, -0.2) is 9.36 Å². The Hall–Kier alpha value is -4.04. The minimum atomic E-state index is -0.416. The van der Waals surface area contributed by atoms with Gasteiger partial charge in [0.2, 0.25) is 0 Å². The number of azo groups is 2. The number of hydrogen-bond donors (Lipinski definition) is 5. The third kappa shape index (κ3) is 9.26. The van der Waals surface area contributed by atoms with Crippen LogP contribution in [-0.2, 0) is 17.1 Å². The van der Waals surface area contributed by atoms with Gasteiger partial charge in [0.15, 0.2) is 11.4 Å². The molecule has 0 saturated heterocycles. The zero-order valence-electron chi connectivity index (χ0n) is 26.0. The molecule has 0 aliphatic heterocycles. The van der Waals surface area contributed by atoms with Crippen LogP contribution in [-0.4, -0.2) is 29.8 Å². The molecule has 264 valence electrons. The summed E-state index contributed by atoms with van der Waals surface area (Å²) >= 11 is 35.5. The molecule has 6 aromatic rings. The Bertz CT molecular complexity index is 2260. The van der Waals surface area contributed by atoms with Crippen LogP contribution >= 0.6 is 69.6 Å². The fraction of sp³-hybridized carbons (Fsp3) is 0.0625. The number of halogens is 6. The summed E-state index contributed by atoms with van der Waals surface area (Å²) in [5, 5.41) is 42.2. The molecule has 51 heavy (non-hydrogen) atoms. The van der Waals surface area contributed by atoms with E-state index in [0.717, 1.165) is 0 Å². The van der Waals surface area contributed by atoms with Crippen molar-refractivity contribution in [3.8, 4) is 22.9 Å². The molecule has 2 heterocycles. The molecule has 0 unspecified atom stereocenters. The molecule has 0 saturated carbocycles. The van der Waals surface area contributed by atoms with Gasteiger partial charge in [-0.1, -0.05) is 74.7 Å². The quantitative estimate of drug-likeness (QED) is 0.0833. The SMILES string of the molecule is Cc1[nH]n(-c2ccc(Cl)c(Cl)c2)c(=O)c1N=Nc1cc(Cl)ccc1O.Cc1[nH]n(-c2ccc(Cl)c(Cl)c2)c(=O)c1[NH+]=Nc1cc(Cl)ccc1O.[Fe]. The van der Waals surface area contributed by atoms with Crippen molar-refractivity contribution in [1.82, 2.24) is 19.6 Å². The maximum Gasteiger partial charge on any atom is 0.345 e. The Kier molecular flexibility index (Phi) is 13.2. The van der Waals surface area contributed by atoms with Crippen LogP contribution in [0.25, 0.3) is 11.4 Å². The third-order valence-electron chi connectivity index (χ3n) is 6.86. The predicted molar refractivity (Wildman–Crippen MR) is 195 cm³/mol. The van der Waals surface area contributed by atoms with Crippen LogP contribution in [0, 0.1) is 13.8 Å². The number of aryl methyl sites for hydroxylation is 2. The van der Waals surface area contributed by atoms with E-state index in [1.54, 1.807) is 50.2 Å². The van der Waals surface area contributed by atoms with Gasteiger partial charge >= 0.3 is 11.2 Å². The zero-order valence-corrected chi connectivity index (χ0v) is 31.6. The molecule has 2 aromatic heterocycles. The first-order chi connectivity index (χ1) is 23.7. The van der Waals surface area contributed by atoms with Crippen molar-refractivity contribution in [2.24, 2.45) is 15.3 Å². The number of phenols is 2. The molecule has 0 amide bonds. The van der Waals surface area contributed by atoms with E-state index in [0.29, 0.717) is 52.9 Å². The number of phenolic OH excluding ortho intramolecular Hbond substituents is 2. The Morgan fingerprint density at radius 3 is 1.65 bits per heavy atom. The largest absolute Gasteiger partial charge is 0.506 e.